The largest absolute Gasteiger partial charge is 0.503 e. The van der Waals surface area contributed by atoms with E-state index in [1.165, 1.54) is 0 Å². The third kappa shape index (κ3) is 8.16. The normalized spacial score (nSPS) is 25.0. The molecule has 3 aliphatic carbocycles. The number of piperazine rings is 1. The number of carbonyl (C=O) groups is 4. The summed E-state index contributed by atoms with van der Waals surface area (Å²) in [6, 6.07) is 7.65. The molecule has 4 aliphatic heterocycles. The summed E-state index contributed by atoms with van der Waals surface area (Å²) in [6.45, 7) is 6.92. The van der Waals surface area contributed by atoms with Crippen LogP contribution in [0.2, 0.25) is 0 Å². The molecule has 0 spiro atoms. The zero-order valence-electron chi connectivity index (χ0n) is 36.0. The molecule has 0 radical (unpaired) electrons. The highest BCUT2D eigenvalue weighted by Gasteiger charge is 2.52. The van der Waals surface area contributed by atoms with E-state index in [0.717, 1.165) is 115 Å². The first kappa shape index (κ1) is 42.8. The minimum Gasteiger partial charge on any atom is -0.503 e. The Morgan fingerprint density at radius 3 is 2.38 bits per heavy atom. The number of aromatic hydroxyl groups is 1. The molecular formula is C46H51F3N10O6. The van der Waals surface area contributed by atoms with Crippen LogP contribution in [0.3, 0.4) is 0 Å². The minimum atomic E-state index is -1.79. The molecule has 65 heavy (non-hydrogen) atoms. The third-order valence-electron chi connectivity index (χ3n) is 15.2. The molecule has 2 aromatic heterocycles. The number of rotatable bonds is 11. The zero-order chi connectivity index (χ0) is 45.0. The van der Waals surface area contributed by atoms with E-state index in [1.54, 1.807) is 17.2 Å². The number of imide groups is 1. The van der Waals surface area contributed by atoms with Crippen LogP contribution in [0.5, 0.6) is 5.75 Å². The van der Waals surface area contributed by atoms with E-state index in [9.17, 15) is 37.5 Å². The second-order valence-electron chi connectivity index (χ2n) is 18.8. The molecule has 4 aromatic rings. The van der Waals surface area contributed by atoms with Crippen molar-refractivity contribution >= 4 is 35.3 Å². The Labute approximate surface area is 372 Å². The number of benzene rings is 2. The van der Waals surface area contributed by atoms with Crippen molar-refractivity contribution in [2.75, 3.05) is 62.2 Å². The number of phenols is 1. The highest BCUT2D eigenvalue weighted by atomic mass is 19.2. The van der Waals surface area contributed by atoms with Crippen molar-refractivity contribution in [2.24, 2.45) is 11.3 Å². The maximum atomic E-state index is 14.3. The van der Waals surface area contributed by atoms with Crippen molar-refractivity contribution in [1.29, 1.82) is 0 Å². The van der Waals surface area contributed by atoms with Crippen LogP contribution in [-0.2, 0) is 21.5 Å². The molecule has 16 nitrogen and oxygen atoms in total. The lowest BCUT2D eigenvalue weighted by Crippen LogP contribution is -2.52. The van der Waals surface area contributed by atoms with Gasteiger partial charge >= 0.3 is 0 Å². The Morgan fingerprint density at radius 1 is 0.892 bits per heavy atom. The van der Waals surface area contributed by atoms with Crippen LogP contribution in [-0.4, -0.2) is 117 Å². The number of fused-ring (bicyclic) bond motifs is 4. The average molecular weight is 897 g/mol. The van der Waals surface area contributed by atoms with Crippen LogP contribution < -0.4 is 20.4 Å². The van der Waals surface area contributed by atoms with Gasteiger partial charge in [-0.25, -0.2) is 18.7 Å². The SMILES string of the molecule is O=C1CCC(N2Cc3cc(N4CCC(CCN5CCN(c6nccc(-c7nc([C@]89CC[C@](CNC(=O)c%10cc(F)c(O)c(F)c%10F)(CC8)CC9)no7)n6)CC5)CC4)ccc3C2=O)C(=O)N1. The second-order valence-corrected chi connectivity index (χ2v) is 18.8. The summed E-state index contributed by atoms with van der Waals surface area (Å²) < 4.78 is 47.8. The lowest BCUT2D eigenvalue weighted by atomic mass is 9.53. The fourth-order valence-electron chi connectivity index (χ4n) is 10.9. The van der Waals surface area contributed by atoms with Gasteiger partial charge in [0.15, 0.2) is 23.2 Å². The summed E-state index contributed by atoms with van der Waals surface area (Å²) in [5, 5.41) is 18.8. The Morgan fingerprint density at radius 2 is 1.65 bits per heavy atom. The number of halogens is 3. The number of carbonyl (C=O) groups excluding carboxylic acids is 4. The van der Waals surface area contributed by atoms with Gasteiger partial charge in [-0.2, -0.15) is 9.37 Å². The monoisotopic (exact) mass is 896 g/mol. The van der Waals surface area contributed by atoms with Gasteiger partial charge in [0.2, 0.25) is 23.6 Å². The minimum absolute atomic E-state index is 0.151. The number of nitrogens with one attached hydrogen (secondary N) is 2. The maximum Gasteiger partial charge on any atom is 0.276 e. The van der Waals surface area contributed by atoms with Crippen LogP contribution in [0.15, 0.2) is 41.1 Å². The van der Waals surface area contributed by atoms with E-state index >= 15 is 0 Å². The Balaban J connectivity index is 0.671. The first-order chi connectivity index (χ1) is 31.4. The maximum absolute atomic E-state index is 14.3. The molecule has 3 saturated heterocycles. The van der Waals surface area contributed by atoms with Gasteiger partial charge in [0.1, 0.15) is 11.7 Å². The molecule has 19 heteroatoms. The smallest absolute Gasteiger partial charge is 0.276 e. The number of hydrogen-bond donors (Lipinski definition) is 3. The van der Waals surface area contributed by atoms with E-state index in [1.807, 2.05) is 12.1 Å². The molecule has 3 saturated carbocycles. The number of aromatic nitrogens is 4. The molecule has 11 rings (SSSR count). The molecule has 1 unspecified atom stereocenters. The van der Waals surface area contributed by atoms with Gasteiger partial charge < -0.3 is 29.6 Å². The summed E-state index contributed by atoms with van der Waals surface area (Å²) in [6.07, 6.45) is 10.1. The second kappa shape index (κ2) is 17.0. The van der Waals surface area contributed by atoms with Gasteiger partial charge in [0, 0.05) is 81.6 Å². The van der Waals surface area contributed by atoms with E-state index in [-0.39, 0.29) is 35.6 Å². The van der Waals surface area contributed by atoms with Crippen LogP contribution in [0.1, 0.15) is 103 Å². The first-order valence-electron chi connectivity index (χ1n) is 22.7. The van der Waals surface area contributed by atoms with Crippen molar-refractivity contribution in [3.05, 3.63) is 76.5 Å². The zero-order valence-corrected chi connectivity index (χ0v) is 36.0. The van der Waals surface area contributed by atoms with Gasteiger partial charge in [-0.15, -0.1) is 0 Å². The number of piperidine rings is 2. The Kier molecular flexibility index (Phi) is 11.2. The molecule has 7 aliphatic rings. The molecule has 6 fully saturated rings. The van der Waals surface area contributed by atoms with Crippen LogP contribution in [0, 0.1) is 28.8 Å². The van der Waals surface area contributed by atoms with Crippen molar-refractivity contribution in [1.82, 2.24) is 40.5 Å². The molecule has 1 atom stereocenters. The summed E-state index contributed by atoms with van der Waals surface area (Å²) in [4.78, 5) is 72.9. The average Bonchev–Trinajstić information content (AvgIpc) is 3.97. The van der Waals surface area contributed by atoms with Crippen LogP contribution in [0.25, 0.3) is 11.6 Å². The predicted octanol–water partition coefficient (Wildman–Crippen LogP) is 4.86. The quantitative estimate of drug-likeness (QED) is 0.137. The summed E-state index contributed by atoms with van der Waals surface area (Å²) in [7, 11) is 0. The number of phenolic OH excluding ortho intramolecular Hbond substituents is 1. The molecule has 342 valence electrons. The van der Waals surface area contributed by atoms with Crippen molar-refractivity contribution in [3.8, 4) is 17.3 Å². The number of nitrogens with zero attached hydrogens (tertiary/aromatic N) is 8. The highest BCUT2D eigenvalue weighted by Crippen LogP contribution is 2.57. The standard InChI is InChI=1S/C46H51F3N10O6/c47-32-24-31(36(48)37(49)38(32)61)39(62)51-26-45-9-12-46(13-10-45,14-11-45)43-54-41(65-55-43)33-5-15-50-44(52-33)58-21-19-56(20-22-58)16-6-27-7-17-57(18-8-27)29-1-2-30-28(23-29)25-59(42(30)64)34-3-4-35(60)53-40(34)63/h1-2,5,15,23-24,27,34,61H,3-4,6-14,16-22,25-26H2,(H,51,62)(H,53,60,63)/t34?,45-,46+. The van der Waals surface area contributed by atoms with Gasteiger partial charge in [0.25, 0.3) is 17.7 Å². The van der Waals surface area contributed by atoms with E-state index in [2.05, 4.69) is 41.5 Å². The molecule has 2 bridgehead atoms. The van der Waals surface area contributed by atoms with E-state index < -0.39 is 46.6 Å². The Hall–Kier alpha value is -6.11. The molecule has 3 N–H and O–H groups in total. The lowest BCUT2D eigenvalue weighted by molar-refractivity contribution is -0.136. The van der Waals surface area contributed by atoms with Gasteiger partial charge in [-0.1, -0.05) is 5.16 Å². The van der Waals surface area contributed by atoms with Gasteiger partial charge in [-0.3, -0.25) is 29.4 Å². The summed E-state index contributed by atoms with van der Waals surface area (Å²) in [5.74, 6) is -5.81. The summed E-state index contributed by atoms with van der Waals surface area (Å²) in [5.41, 5.74) is 1.89. The van der Waals surface area contributed by atoms with Crippen LogP contribution >= 0.6 is 0 Å². The Bertz CT molecular complexity index is 2520. The molecule has 4 amide bonds. The molecule has 6 heterocycles. The van der Waals surface area contributed by atoms with E-state index in [0.29, 0.717) is 53.9 Å². The fourth-order valence-corrected chi connectivity index (χ4v) is 10.9. The number of hydrogen-bond acceptors (Lipinski definition) is 13. The molecule has 2 aromatic carbocycles. The predicted molar refractivity (Wildman–Crippen MR) is 228 cm³/mol. The van der Waals surface area contributed by atoms with Crippen molar-refractivity contribution in [3.63, 3.8) is 0 Å². The van der Waals surface area contributed by atoms with E-state index in [4.69, 9.17) is 14.5 Å². The van der Waals surface area contributed by atoms with Crippen LogP contribution in [0.4, 0.5) is 24.8 Å². The fraction of sp³-hybridized carbons (Fsp3) is 0.522. The van der Waals surface area contributed by atoms with Crippen molar-refractivity contribution < 1.29 is 42.0 Å². The lowest BCUT2D eigenvalue weighted by Gasteiger charge is -2.52. The van der Waals surface area contributed by atoms with Gasteiger partial charge in [-0.05, 0) is 118 Å². The summed E-state index contributed by atoms with van der Waals surface area (Å²) >= 11 is 0. The number of amides is 4. The topological polar surface area (TPSA) is 190 Å². The first-order valence-corrected chi connectivity index (χ1v) is 22.7. The van der Waals surface area contributed by atoms with Gasteiger partial charge in [0.05, 0.1) is 5.56 Å². The number of anilines is 2. The highest BCUT2D eigenvalue weighted by molar-refractivity contribution is 6.05. The molecular weight excluding hydrogens is 846 g/mol. The third-order valence-corrected chi connectivity index (χ3v) is 15.2. The van der Waals surface area contributed by atoms with Crippen molar-refractivity contribution in [2.45, 2.75) is 88.6 Å².